The topological polar surface area (TPSA) is 37.3 Å². The number of carboxylic acid groups (broad SMARTS) is 1. The van der Waals surface area contributed by atoms with Crippen molar-refractivity contribution in [2.24, 2.45) is 0 Å². The van der Waals surface area contributed by atoms with E-state index in [4.69, 9.17) is 5.11 Å². The molecular weight excluding hydrogens is 299 g/mol. The minimum atomic E-state index is -0.758. The summed E-state index contributed by atoms with van der Waals surface area (Å²) >= 11 is 3.08. The molecule has 2 nitrogen and oxygen atoms in total. The first-order chi connectivity index (χ1) is 8.59. The normalized spacial score (nSPS) is 9.67. The Kier molecular flexibility index (Phi) is 6.45. The van der Waals surface area contributed by atoms with Crippen LogP contribution in [0.1, 0.15) is 37.7 Å². The molecule has 0 aliphatic carbocycles. The molecule has 0 bridgehead atoms. The van der Waals surface area contributed by atoms with E-state index >= 15 is 0 Å². The fourth-order valence-electron chi connectivity index (χ4n) is 1.40. The summed E-state index contributed by atoms with van der Waals surface area (Å²) in [6.07, 6.45) is 3.33. The molecule has 1 N–H and O–H groups in total. The van der Waals surface area contributed by atoms with Gasteiger partial charge in [0.05, 0.1) is 4.47 Å². The molecule has 0 saturated heterocycles. The summed E-state index contributed by atoms with van der Waals surface area (Å²) in [5.41, 5.74) is 0.654. The fraction of sp³-hybridized carbons (Fsp3) is 0.357. The number of hydrogen-bond donors (Lipinski definition) is 1. The highest BCUT2D eigenvalue weighted by molar-refractivity contribution is 9.10. The van der Waals surface area contributed by atoms with E-state index in [1.165, 1.54) is 6.07 Å². The monoisotopic (exact) mass is 312 g/mol. The van der Waals surface area contributed by atoms with Crippen molar-refractivity contribution < 1.29 is 14.3 Å². The Hall–Kier alpha value is -1.34. The third kappa shape index (κ3) is 5.83. The number of rotatable bonds is 5. The summed E-state index contributed by atoms with van der Waals surface area (Å²) in [7, 11) is 0. The molecule has 0 aliphatic rings. The SMILES string of the molecule is O=C(O)CCCCCC#Cc1ccc(Br)c(F)c1. The fourth-order valence-corrected chi connectivity index (χ4v) is 1.65. The molecule has 0 aromatic heterocycles. The van der Waals surface area contributed by atoms with E-state index in [1.54, 1.807) is 12.1 Å². The van der Waals surface area contributed by atoms with Crippen LogP contribution >= 0.6 is 15.9 Å². The highest BCUT2D eigenvalue weighted by atomic mass is 79.9. The zero-order valence-electron chi connectivity index (χ0n) is 9.88. The Morgan fingerprint density at radius 1 is 1.33 bits per heavy atom. The summed E-state index contributed by atoms with van der Waals surface area (Å²) in [6.45, 7) is 0. The summed E-state index contributed by atoms with van der Waals surface area (Å²) < 4.78 is 13.6. The van der Waals surface area contributed by atoms with Crippen LogP contribution in [0.25, 0.3) is 0 Å². The first-order valence-electron chi connectivity index (χ1n) is 5.75. The second-order valence-corrected chi connectivity index (χ2v) is 4.74. The second kappa shape index (κ2) is 7.88. The van der Waals surface area contributed by atoms with E-state index in [1.807, 2.05) is 0 Å². The van der Waals surface area contributed by atoms with Crippen LogP contribution in [-0.4, -0.2) is 11.1 Å². The van der Waals surface area contributed by atoms with Gasteiger partial charge < -0.3 is 5.11 Å². The molecule has 0 radical (unpaired) electrons. The van der Waals surface area contributed by atoms with Crippen molar-refractivity contribution in [1.29, 1.82) is 0 Å². The van der Waals surface area contributed by atoms with Crippen LogP contribution in [0.3, 0.4) is 0 Å². The number of hydrogen-bond acceptors (Lipinski definition) is 1. The van der Waals surface area contributed by atoms with Gasteiger partial charge in [0.15, 0.2) is 0 Å². The maximum Gasteiger partial charge on any atom is 0.303 e. The second-order valence-electron chi connectivity index (χ2n) is 3.89. The zero-order valence-corrected chi connectivity index (χ0v) is 11.5. The van der Waals surface area contributed by atoms with Crippen LogP contribution in [0.5, 0.6) is 0 Å². The van der Waals surface area contributed by atoms with E-state index in [0.29, 0.717) is 22.9 Å². The highest BCUT2D eigenvalue weighted by Gasteiger charge is 1.98. The average molecular weight is 313 g/mol. The van der Waals surface area contributed by atoms with Gasteiger partial charge in [0, 0.05) is 18.4 Å². The molecule has 4 heteroatoms. The largest absolute Gasteiger partial charge is 0.481 e. The van der Waals surface area contributed by atoms with Crippen LogP contribution in [0.2, 0.25) is 0 Å². The van der Waals surface area contributed by atoms with Gasteiger partial charge >= 0.3 is 5.97 Å². The van der Waals surface area contributed by atoms with E-state index in [-0.39, 0.29) is 12.2 Å². The quantitative estimate of drug-likeness (QED) is 0.659. The van der Waals surface area contributed by atoms with Gasteiger partial charge in [0.2, 0.25) is 0 Å². The van der Waals surface area contributed by atoms with E-state index < -0.39 is 5.97 Å². The maximum atomic E-state index is 13.2. The lowest BCUT2D eigenvalue weighted by atomic mass is 10.1. The van der Waals surface area contributed by atoms with Gasteiger partial charge in [0.1, 0.15) is 5.82 Å². The smallest absolute Gasteiger partial charge is 0.303 e. The Labute approximate surface area is 114 Å². The van der Waals surface area contributed by atoms with Crippen LogP contribution in [0.4, 0.5) is 4.39 Å². The van der Waals surface area contributed by atoms with Crippen molar-refractivity contribution in [3.8, 4) is 11.8 Å². The molecule has 0 heterocycles. The van der Waals surface area contributed by atoms with Crippen molar-refractivity contribution in [2.75, 3.05) is 0 Å². The number of carboxylic acids is 1. The lowest BCUT2D eigenvalue weighted by Crippen LogP contribution is -1.93. The first kappa shape index (κ1) is 14.7. The summed E-state index contributed by atoms with van der Waals surface area (Å²) in [5, 5.41) is 8.45. The molecule has 1 aromatic rings. The molecule has 0 unspecified atom stereocenters. The predicted molar refractivity (Wildman–Crippen MR) is 71.7 cm³/mol. The lowest BCUT2D eigenvalue weighted by Gasteiger charge is -1.95. The van der Waals surface area contributed by atoms with Crippen LogP contribution < -0.4 is 0 Å². The molecule has 0 atom stereocenters. The third-order valence-electron chi connectivity index (χ3n) is 2.34. The van der Waals surface area contributed by atoms with E-state index in [0.717, 1.165) is 12.8 Å². The minimum absolute atomic E-state index is 0.214. The van der Waals surface area contributed by atoms with Gasteiger partial charge in [-0.3, -0.25) is 4.79 Å². The number of carbonyl (C=O) groups is 1. The Morgan fingerprint density at radius 3 is 2.78 bits per heavy atom. The molecule has 0 amide bonds. The molecule has 0 saturated carbocycles. The summed E-state index contributed by atoms with van der Waals surface area (Å²) in [6, 6.07) is 4.78. The third-order valence-corrected chi connectivity index (χ3v) is 2.99. The average Bonchev–Trinajstić information content (AvgIpc) is 2.32. The first-order valence-corrected chi connectivity index (χ1v) is 6.54. The highest BCUT2D eigenvalue weighted by Crippen LogP contribution is 2.15. The standard InChI is InChI=1S/C14H14BrFO2/c15-12-9-8-11(10-13(12)16)6-4-2-1-3-5-7-14(17)18/h8-10H,1-3,5,7H2,(H,17,18). The molecule has 0 spiro atoms. The van der Waals surface area contributed by atoms with Crippen molar-refractivity contribution in [2.45, 2.75) is 32.1 Å². The van der Waals surface area contributed by atoms with Crippen LogP contribution in [0.15, 0.2) is 22.7 Å². The number of aliphatic carboxylic acids is 1. The number of benzene rings is 1. The van der Waals surface area contributed by atoms with E-state index in [9.17, 15) is 9.18 Å². The van der Waals surface area contributed by atoms with E-state index in [2.05, 4.69) is 27.8 Å². The summed E-state index contributed by atoms with van der Waals surface area (Å²) in [4.78, 5) is 10.3. The van der Waals surface area contributed by atoms with Gasteiger partial charge in [-0.15, -0.1) is 0 Å². The van der Waals surface area contributed by atoms with Crippen molar-refractivity contribution in [3.05, 3.63) is 34.1 Å². The minimum Gasteiger partial charge on any atom is -0.481 e. The predicted octanol–water partition coefficient (Wildman–Crippen LogP) is 3.97. The number of unbranched alkanes of at least 4 members (excludes halogenated alkanes) is 3. The van der Waals surface area contributed by atoms with Crippen LogP contribution in [-0.2, 0) is 4.79 Å². The Bertz CT molecular complexity index is 474. The molecular formula is C14H14BrFO2. The van der Waals surface area contributed by atoms with Crippen LogP contribution in [0, 0.1) is 17.7 Å². The Balaban J connectivity index is 2.29. The van der Waals surface area contributed by atoms with Gasteiger partial charge in [-0.1, -0.05) is 18.3 Å². The van der Waals surface area contributed by atoms with Gasteiger partial charge in [-0.25, -0.2) is 4.39 Å². The Morgan fingerprint density at radius 2 is 2.11 bits per heavy atom. The zero-order chi connectivity index (χ0) is 13.4. The molecule has 0 aliphatic heterocycles. The van der Waals surface area contributed by atoms with Crippen molar-refractivity contribution in [3.63, 3.8) is 0 Å². The molecule has 18 heavy (non-hydrogen) atoms. The summed E-state index contributed by atoms with van der Waals surface area (Å²) in [5.74, 6) is 4.77. The molecule has 96 valence electrons. The maximum absolute atomic E-state index is 13.2. The lowest BCUT2D eigenvalue weighted by molar-refractivity contribution is -0.137. The number of halogens is 2. The molecule has 1 rings (SSSR count). The van der Waals surface area contributed by atoms with Crippen molar-refractivity contribution >= 4 is 21.9 Å². The van der Waals surface area contributed by atoms with Gasteiger partial charge in [-0.2, -0.15) is 0 Å². The molecule has 1 aromatic carbocycles. The van der Waals surface area contributed by atoms with Gasteiger partial charge in [-0.05, 0) is 47.0 Å². The molecule has 0 fully saturated rings. The van der Waals surface area contributed by atoms with Gasteiger partial charge in [0.25, 0.3) is 0 Å². The van der Waals surface area contributed by atoms with Crippen molar-refractivity contribution in [1.82, 2.24) is 0 Å².